The molecule has 2 aliphatic rings. The van der Waals surface area contributed by atoms with Crippen molar-refractivity contribution in [3.8, 4) is 11.1 Å². The van der Waals surface area contributed by atoms with Crippen LogP contribution in [0.15, 0.2) is 97.1 Å². The summed E-state index contributed by atoms with van der Waals surface area (Å²) in [4.78, 5) is 0. The highest BCUT2D eigenvalue weighted by Crippen LogP contribution is 2.52. The standard InChI is InChI=1S/C19H22.C17H18.4C2H6.CH4/c1-19(2,3)18-16-10-6-4-8-14(16)12-13-15-9-5-7-11-17(15)18;1-17(2,3)16-14-10-6-4-8-12(14)13-9-5-7-11-15(13)16;4*1-2;/h4-11,18H,12-13H2,1-3H3;4-11,16H,1-3H3;4*1-2H3;1H4. The third-order valence-electron chi connectivity index (χ3n) is 7.96. The SMILES string of the molecule is C.CC.CC.CC.CC.CC(C)(C)C1c2ccccc2-c2ccccc21.CC(C)(C)C1c2ccccc2CCc2ccccc21. The normalized spacial score (nSPS) is 12.6. The van der Waals surface area contributed by atoms with Gasteiger partial charge in [0.15, 0.2) is 0 Å². The van der Waals surface area contributed by atoms with Gasteiger partial charge in [-0.15, -0.1) is 0 Å². The minimum absolute atomic E-state index is 0. The van der Waals surface area contributed by atoms with Crippen LogP contribution in [0.5, 0.6) is 0 Å². The van der Waals surface area contributed by atoms with Crippen molar-refractivity contribution in [2.24, 2.45) is 10.8 Å². The van der Waals surface area contributed by atoms with Gasteiger partial charge in [0.25, 0.3) is 0 Å². The molecule has 45 heavy (non-hydrogen) atoms. The Morgan fingerprint density at radius 2 is 0.622 bits per heavy atom. The van der Waals surface area contributed by atoms with E-state index < -0.39 is 0 Å². The van der Waals surface area contributed by atoms with Crippen molar-refractivity contribution < 1.29 is 0 Å². The Bertz CT molecular complexity index is 1270. The molecule has 0 saturated heterocycles. The predicted molar refractivity (Wildman–Crippen MR) is 207 cm³/mol. The van der Waals surface area contributed by atoms with Gasteiger partial charge in [-0.05, 0) is 68.2 Å². The van der Waals surface area contributed by atoms with Crippen LogP contribution in [0.2, 0.25) is 0 Å². The fourth-order valence-electron chi connectivity index (χ4n) is 6.55. The zero-order chi connectivity index (χ0) is 33.5. The Balaban J connectivity index is 0.000000695. The maximum absolute atomic E-state index is 2.36. The van der Waals surface area contributed by atoms with E-state index in [2.05, 4.69) is 139 Å². The minimum Gasteiger partial charge on any atom is -0.0776 e. The number of benzene rings is 4. The van der Waals surface area contributed by atoms with E-state index in [1.165, 1.54) is 57.3 Å². The molecule has 0 fully saturated rings. The Morgan fingerprint density at radius 1 is 0.378 bits per heavy atom. The van der Waals surface area contributed by atoms with E-state index in [4.69, 9.17) is 0 Å². The van der Waals surface area contributed by atoms with Crippen molar-refractivity contribution in [3.63, 3.8) is 0 Å². The van der Waals surface area contributed by atoms with E-state index in [1.807, 2.05) is 55.4 Å². The quantitative estimate of drug-likeness (QED) is 0.186. The Morgan fingerprint density at radius 3 is 0.933 bits per heavy atom. The molecule has 0 atom stereocenters. The summed E-state index contributed by atoms with van der Waals surface area (Å²) < 4.78 is 0. The number of fused-ring (bicyclic) bond motifs is 5. The fourth-order valence-corrected chi connectivity index (χ4v) is 6.55. The van der Waals surface area contributed by atoms with Crippen LogP contribution < -0.4 is 0 Å². The molecule has 6 rings (SSSR count). The first-order chi connectivity index (χ1) is 21.2. The van der Waals surface area contributed by atoms with E-state index >= 15 is 0 Å². The number of rotatable bonds is 0. The van der Waals surface area contributed by atoms with Crippen molar-refractivity contribution in [1.82, 2.24) is 0 Å². The monoisotopic (exact) mass is 609 g/mol. The van der Waals surface area contributed by atoms with Crippen molar-refractivity contribution in [2.75, 3.05) is 0 Å². The Hall–Kier alpha value is -3.12. The smallest absolute Gasteiger partial charge is 0.0150 e. The van der Waals surface area contributed by atoms with E-state index in [9.17, 15) is 0 Å². The first-order valence-corrected chi connectivity index (χ1v) is 17.5. The molecule has 0 nitrogen and oxygen atoms in total. The second-order valence-electron chi connectivity index (χ2n) is 12.7. The number of aryl methyl sites for hydroxylation is 2. The van der Waals surface area contributed by atoms with Crippen molar-refractivity contribution in [2.45, 2.75) is 129 Å². The molecule has 0 aliphatic heterocycles. The molecule has 0 N–H and O–H groups in total. The molecule has 4 aromatic rings. The zero-order valence-corrected chi connectivity index (χ0v) is 30.8. The summed E-state index contributed by atoms with van der Waals surface area (Å²) in [5.74, 6) is 1.03. The Labute approximate surface area is 280 Å². The van der Waals surface area contributed by atoms with Crippen molar-refractivity contribution in [1.29, 1.82) is 0 Å². The summed E-state index contributed by atoms with van der Waals surface area (Å²) in [7, 11) is 0. The molecular weight excluding hydrogens is 540 g/mol. The summed E-state index contributed by atoms with van der Waals surface area (Å²) in [5.41, 5.74) is 12.4. The molecule has 0 saturated carbocycles. The number of hydrogen-bond acceptors (Lipinski definition) is 0. The third-order valence-corrected chi connectivity index (χ3v) is 7.96. The lowest BCUT2D eigenvalue weighted by Gasteiger charge is -2.33. The van der Waals surface area contributed by atoms with Crippen LogP contribution in [0.25, 0.3) is 11.1 Å². The van der Waals surface area contributed by atoms with E-state index in [0.29, 0.717) is 11.8 Å². The van der Waals surface area contributed by atoms with E-state index in [-0.39, 0.29) is 18.3 Å². The largest absolute Gasteiger partial charge is 0.0776 e. The van der Waals surface area contributed by atoms with Crippen LogP contribution in [-0.4, -0.2) is 0 Å². The third kappa shape index (κ3) is 10.2. The van der Waals surface area contributed by atoms with Gasteiger partial charge in [-0.25, -0.2) is 0 Å². The van der Waals surface area contributed by atoms with Gasteiger partial charge < -0.3 is 0 Å². The molecule has 0 heteroatoms. The van der Waals surface area contributed by atoms with Crippen LogP contribution >= 0.6 is 0 Å². The fraction of sp³-hybridized carbons (Fsp3) is 0.467. The van der Waals surface area contributed by atoms with Crippen molar-refractivity contribution in [3.05, 3.63) is 130 Å². The van der Waals surface area contributed by atoms with Crippen LogP contribution in [0, 0.1) is 10.8 Å². The van der Waals surface area contributed by atoms with Gasteiger partial charge in [-0.2, -0.15) is 0 Å². The average Bonchev–Trinajstić information content (AvgIpc) is 3.29. The molecule has 0 spiro atoms. The summed E-state index contributed by atoms with van der Waals surface area (Å²) in [6.45, 7) is 30.1. The molecule has 4 aromatic carbocycles. The highest BCUT2D eigenvalue weighted by Gasteiger charge is 2.36. The summed E-state index contributed by atoms with van der Waals surface area (Å²) >= 11 is 0. The molecule has 0 unspecified atom stereocenters. The summed E-state index contributed by atoms with van der Waals surface area (Å²) in [5, 5.41) is 0. The highest BCUT2D eigenvalue weighted by atomic mass is 14.4. The first kappa shape index (κ1) is 41.9. The van der Waals surface area contributed by atoms with Gasteiger partial charge in [0.1, 0.15) is 0 Å². The molecular formula is C45H68. The molecule has 0 radical (unpaired) electrons. The van der Waals surface area contributed by atoms with E-state index in [0.717, 1.165) is 0 Å². The van der Waals surface area contributed by atoms with Gasteiger partial charge >= 0.3 is 0 Å². The first-order valence-electron chi connectivity index (χ1n) is 17.5. The van der Waals surface area contributed by atoms with E-state index in [1.54, 1.807) is 0 Å². The van der Waals surface area contributed by atoms with Crippen molar-refractivity contribution >= 4 is 0 Å². The highest BCUT2D eigenvalue weighted by molar-refractivity contribution is 5.79. The summed E-state index contributed by atoms with van der Waals surface area (Å²) in [6.07, 6.45) is 2.33. The lowest BCUT2D eigenvalue weighted by molar-refractivity contribution is 0.357. The van der Waals surface area contributed by atoms with Crippen LogP contribution in [0.4, 0.5) is 0 Å². The van der Waals surface area contributed by atoms with Crippen LogP contribution in [-0.2, 0) is 12.8 Å². The lowest BCUT2D eigenvalue weighted by Crippen LogP contribution is -2.20. The van der Waals surface area contributed by atoms with Gasteiger partial charge in [-0.1, -0.05) is 201 Å². The van der Waals surface area contributed by atoms with Gasteiger partial charge in [0.05, 0.1) is 0 Å². The molecule has 0 amide bonds. The number of hydrogen-bond donors (Lipinski definition) is 0. The molecule has 0 bridgehead atoms. The second kappa shape index (κ2) is 20.1. The lowest BCUT2D eigenvalue weighted by atomic mass is 9.71. The zero-order valence-electron chi connectivity index (χ0n) is 30.8. The van der Waals surface area contributed by atoms with Gasteiger partial charge in [-0.3, -0.25) is 0 Å². The summed E-state index contributed by atoms with van der Waals surface area (Å²) in [6, 6.07) is 35.6. The minimum atomic E-state index is 0. The van der Waals surface area contributed by atoms with Gasteiger partial charge in [0.2, 0.25) is 0 Å². The second-order valence-corrected chi connectivity index (χ2v) is 12.7. The maximum Gasteiger partial charge on any atom is 0.0150 e. The maximum atomic E-state index is 2.36. The van der Waals surface area contributed by atoms with Crippen LogP contribution in [0.3, 0.4) is 0 Å². The average molecular weight is 609 g/mol. The Kier molecular flexibility index (Phi) is 18.7. The molecule has 248 valence electrons. The molecule has 2 aliphatic carbocycles. The topological polar surface area (TPSA) is 0 Å². The predicted octanol–water partition coefficient (Wildman–Crippen LogP) is 14.5. The molecule has 0 heterocycles. The van der Waals surface area contributed by atoms with Crippen LogP contribution in [0.1, 0.15) is 150 Å². The van der Waals surface area contributed by atoms with Gasteiger partial charge in [0, 0.05) is 11.8 Å². The molecule has 0 aromatic heterocycles.